The van der Waals surface area contributed by atoms with Crippen molar-refractivity contribution in [2.45, 2.75) is 70.1 Å². The summed E-state index contributed by atoms with van der Waals surface area (Å²) in [5, 5.41) is 6.79. The number of anilines is 2. The second-order valence-corrected chi connectivity index (χ2v) is 12.3. The van der Waals surface area contributed by atoms with Crippen molar-refractivity contribution in [2.24, 2.45) is 5.41 Å². The topological polar surface area (TPSA) is 152 Å². The fraction of sp³-hybridized carbons (Fsp3) is 0.577. The normalized spacial score (nSPS) is 21.3. The number of carbonyl (C=O) groups is 1. The maximum atomic E-state index is 13.3. The van der Waals surface area contributed by atoms with E-state index in [-0.39, 0.29) is 71.1 Å². The molecule has 1 saturated heterocycles. The molecule has 2 N–H and O–H groups in total. The number of carbonyl (C=O) groups excluding carboxylic acids is 1. The quantitative estimate of drug-likeness (QED) is 0.219. The van der Waals surface area contributed by atoms with Crippen molar-refractivity contribution in [3.63, 3.8) is 0 Å². The molecular weight excluding hydrogens is 591 g/mol. The van der Waals surface area contributed by atoms with Crippen molar-refractivity contribution in [3.05, 3.63) is 40.5 Å². The van der Waals surface area contributed by atoms with E-state index in [0.717, 1.165) is 31.5 Å². The van der Waals surface area contributed by atoms with Crippen molar-refractivity contribution in [2.75, 3.05) is 30.4 Å². The van der Waals surface area contributed by atoms with E-state index >= 15 is 0 Å². The Hall–Kier alpha value is -0.430. The molecule has 2 saturated carbocycles. The van der Waals surface area contributed by atoms with Gasteiger partial charge in [-0.2, -0.15) is 4.98 Å². The van der Waals surface area contributed by atoms with E-state index in [2.05, 4.69) is 25.0 Å². The minimum Gasteiger partial charge on any atom is -0.790 e. The van der Waals surface area contributed by atoms with E-state index in [1.54, 1.807) is 25.4 Å². The van der Waals surface area contributed by atoms with Crippen LogP contribution in [-0.4, -0.2) is 48.2 Å². The minimum absolute atomic E-state index is 0. The summed E-state index contributed by atoms with van der Waals surface area (Å²) in [4.78, 5) is 46.6. The average molecular weight is 624 g/mol. The van der Waals surface area contributed by atoms with Gasteiger partial charge in [-0.15, -0.1) is 0 Å². The van der Waals surface area contributed by atoms with Crippen molar-refractivity contribution >= 4 is 37.1 Å². The number of nitrogens with zero attached hydrogens (tertiary/aromatic N) is 3. The molecule has 1 aromatic carbocycles. The number of nitrogens with one attached hydrogen (secondary N) is 2. The van der Waals surface area contributed by atoms with E-state index in [1.807, 2.05) is 6.07 Å². The molecular formula is C26H33ClN5Na2O6P. The number of aromatic nitrogens is 2. The van der Waals surface area contributed by atoms with Crippen LogP contribution in [0, 0.1) is 5.41 Å². The number of hydrogen-bond acceptors (Lipinski definition) is 10. The smallest absolute Gasteiger partial charge is 0.790 e. The van der Waals surface area contributed by atoms with Gasteiger partial charge in [-0.1, -0.05) is 17.7 Å². The Labute approximate surface area is 289 Å². The summed E-state index contributed by atoms with van der Waals surface area (Å²) in [7, 11) is -3.47. The molecule has 1 spiro atoms. The molecule has 1 amide bonds. The molecule has 2 aromatic rings. The molecule has 0 atom stereocenters. The van der Waals surface area contributed by atoms with E-state index in [0.29, 0.717) is 65.7 Å². The molecule has 11 nitrogen and oxygen atoms in total. The molecule has 41 heavy (non-hydrogen) atoms. The molecule has 2 aliphatic carbocycles. The van der Waals surface area contributed by atoms with E-state index in [9.17, 15) is 19.1 Å². The van der Waals surface area contributed by atoms with Gasteiger partial charge in [0.1, 0.15) is 17.1 Å². The van der Waals surface area contributed by atoms with Gasteiger partial charge in [-0.25, -0.2) is 4.98 Å². The number of methoxy groups -OCH3 is 1. The van der Waals surface area contributed by atoms with Gasteiger partial charge in [-0.3, -0.25) is 4.79 Å². The van der Waals surface area contributed by atoms with E-state index in [1.165, 1.54) is 12.8 Å². The van der Waals surface area contributed by atoms with E-state index < -0.39 is 13.9 Å². The maximum absolute atomic E-state index is 13.3. The molecule has 5 rings (SSSR count). The third-order valence-electron chi connectivity index (χ3n) is 8.05. The number of ether oxygens (including phenoxy) is 1. The Morgan fingerprint density at radius 2 is 1.83 bits per heavy atom. The molecule has 212 valence electrons. The second-order valence-electron chi connectivity index (χ2n) is 10.7. The van der Waals surface area contributed by atoms with Crippen LogP contribution in [0.2, 0.25) is 5.02 Å². The summed E-state index contributed by atoms with van der Waals surface area (Å²) in [6.45, 7) is 2.17. The molecule has 1 aliphatic heterocycles. The first-order chi connectivity index (χ1) is 18.6. The van der Waals surface area contributed by atoms with Gasteiger partial charge in [-0.05, 0) is 74.5 Å². The van der Waals surface area contributed by atoms with Crippen LogP contribution in [0.5, 0.6) is 5.75 Å². The van der Waals surface area contributed by atoms with Gasteiger partial charge in [0.25, 0.3) is 5.91 Å². The minimum atomic E-state index is -5.03. The van der Waals surface area contributed by atoms with Crippen LogP contribution in [0.1, 0.15) is 67.3 Å². The number of piperidine rings is 1. The first-order valence-electron chi connectivity index (χ1n) is 13.3. The second kappa shape index (κ2) is 15.0. The van der Waals surface area contributed by atoms with Crippen LogP contribution in [0.4, 0.5) is 11.8 Å². The van der Waals surface area contributed by atoms with Gasteiger partial charge in [0.05, 0.1) is 26.1 Å². The number of benzene rings is 1. The fourth-order valence-electron chi connectivity index (χ4n) is 5.45. The van der Waals surface area contributed by atoms with Crippen LogP contribution in [0.25, 0.3) is 0 Å². The standard InChI is InChI=1S/C26H35ClN5O6P.2Na/c1-37-22-7-2-17(14-21(22)27)15-28-23-20(16-29-25(31-23)32-12-10-26(8-9-26)11-13-32)24(33)30-18-3-5-19(6-4-18)38-39(34,35)36;;/h2,7,14,16,18-19H,3-6,8-13,15H2,1H3,(H,30,33)(H,28,29,31)(H2,34,35,36);;/q;2*+1/p-2. The van der Waals surface area contributed by atoms with Crippen molar-refractivity contribution < 1.29 is 87.5 Å². The largest absolute Gasteiger partial charge is 1.00 e. The van der Waals surface area contributed by atoms with Crippen molar-refractivity contribution in [1.29, 1.82) is 0 Å². The van der Waals surface area contributed by atoms with Gasteiger partial charge in [0, 0.05) is 31.9 Å². The number of phosphoric acid groups is 1. The maximum Gasteiger partial charge on any atom is 1.00 e. The number of rotatable bonds is 9. The SMILES string of the molecule is COc1ccc(CNc2nc(N3CCC4(CC3)CC4)ncc2C(=O)NC2CCC(OP(=O)([O-])[O-])CC2)cc1Cl.[Na+].[Na+]. The molecule has 3 aliphatic rings. The Bertz CT molecular complexity index is 1250. The van der Waals surface area contributed by atoms with Crippen LogP contribution in [0.3, 0.4) is 0 Å². The van der Waals surface area contributed by atoms with Crippen molar-refractivity contribution in [3.8, 4) is 5.75 Å². The number of phosphoric ester groups is 1. The van der Waals surface area contributed by atoms with Gasteiger partial charge in [0.15, 0.2) is 0 Å². The Kier molecular flexibility index (Phi) is 12.9. The first kappa shape index (κ1) is 35.1. The van der Waals surface area contributed by atoms with E-state index in [4.69, 9.17) is 21.3 Å². The first-order valence-corrected chi connectivity index (χ1v) is 15.2. The number of amides is 1. The van der Waals surface area contributed by atoms with Gasteiger partial charge < -0.3 is 39.1 Å². The van der Waals surface area contributed by atoms with Crippen LogP contribution >= 0.6 is 19.4 Å². The molecule has 1 aromatic heterocycles. The summed E-state index contributed by atoms with van der Waals surface area (Å²) >= 11 is 6.29. The molecule has 0 unspecified atom stereocenters. The molecule has 3 fully saturated rings. The molecule has 2 heterocycles. The van der Waals surface area contributed by atoms with Crippen LogP contribution < -0.4 is 89.2 Å². The average Bonchev–Trinajstić information content (AvgIpc) is 3.66. The summed E-state index contributed by atoms with van der Waals surface area (Å²) in [5.41, 5.74) is 1.73. The molecule has 0 bridgehead atoms. The zero-order valence-corrected chi connectivity index (χ0v) is 29.5. The molecule has 0 radical (unpaired) electrons. The number of hydrogen-bond donors (Lipinski definition) is 2. The predicted molar refractivity (Wildman–Crippen MR) is 143 cm³/mol. The third kappa shape index (κ3) is 9.53. The molecule has 15 heteroatoms. The Balaban J connectivity index is 0.00000231. The fourth-order valence-corrected chi connectivity index (χ4v) is 6.30. The Morgan fingerprint density at radius 3 is 2.41 bits per heavy atom. The number of halogens is 1. The third-order valence-corrected chi connectivity index (χ3v) is 8.90. The monoisotopic (exact) mass is 623 g/mol. The van der Waals surface area contributed by atoms with Gasteiger partial charge in [0.2, 0.25) is 5.95 Å². The van der Waals surface area contributed by atoms with Gasteiger partial charge >= 0.3 is 59.1 Å². The summed E-state index contributed by atoms with van der Waals surface area (Å²) < 4.78 is 20.7. The Morgan fingerprint density at radius 1 is 1.15 bits per heavy atom. The summed E-state index contributed by atoms with van der Waals surface area (Å²) in [5.74, 6) is 1.27. The predicted octanol–water partition coefficient (Wildman–Crippen LogP) is -2.97. The summed E-state index contributed by atoms with van der Waals surface area (Å²) in [6.07, 6.45) is 7.52. The van der Waals surface area contributed by atoms with Crippen LogP contribution in [0.15, 0.2) is 24.4 Å². The summed E-state index contributed by atoms with van der Waals surface area (Å²) in [6, 6.07) is 5.30. The zero-order chi connectivity index (χ0) is 27.6. The van der Waals surface area contributed by atoms with Crippen LogP contribution in [-0.2, 0) is 15.6 Å². The van der Waals surface area contributed by atoms with Crippen molar-refractivity contribution in [1.82, 2.24) is 15.3 Å². The zero-order valence-electron chi connectivity index (χ0n) is 23.9.